The number of fused-ring (bicyclic) bond motifs is 2. The van der Waals surface area contributed by atoms with E-state index in [0.717, 1.165) is 33.3 Å². The van der Waals surface area contributed by atoms with Gasteiger partial charge in [-0.3, -0.25) is 4.79 Å². The standard InChI is InChI=1S/C30H34N4O5S/c1-6-39-29(35)16-25(22-14-26-30(27(15-22)38-5)33(4)32-31-26)21-12-11-19(2)23(13-21)18-34-17-20(3)24-9-7-8-10-28(24)40(34,36)37/h7-15,20,25H,6,16-18H2,1-5H3. The number of hydrogen-bond donors (Lipinski definition) is 0. The first-order valence-electron chi connectivity index (χ1n) is 13.4. The van der Waals surface area contributed by atoms with Crippen LogP contribution in [-0.4, -0.2) is 53.9 Å². The molecule has 0 saturated carbocycles. The predicted octanol–water partition coefficient (Wildman–Crippen LogP) is 4.68. The molecule has 0 radical (unpaired) electrons. The summed E-state index contributed by atoms with van der Waals surface area (Å²) in [5, 5.41) is 8.40. The summed E-state index contributed by atoms with van der Waals surface area (Å²) in [6.45, 7) is 6.72. The number of sulfonamides is 1. The van der Waals surface area contributed by atoms with Gasteiger partial charge in [-0.25, -0.2) is 13.1 Å². The molecular formula is C30H34N4O5S. The minimum absolute atomic E-state index is 0.0750. The average molecular weight is 563 g/mol. The number of aromatic nitrogens is 3. The zero-order valence-electron chi connectivity index (χ0n) is 23.4. The Bertz CT molecular complexity index is 1680. The summed E-state index contributed by atoms with van der Waals surface area (Å²) in [5.74, 6) is -0.00704. The zero-order valence-corrected chi connectivity index (χ0v) is 24.2. The van der Waals surface area contributed by atoms with Gasteiger partial charge >= 0.3 is 5.97 Å². The monoisotopic (exact) mass is 562 g/mol. The van der Waals surface area contributed by atoms with Crippen LogP contribution in [0.4, 0.5) is 0 Å². The molecule has 2 atom stereocenters. The van der Waals surface area contributed by atoms with Crippen molar-refractivity contribution < 1.29 is 22.7 Å². The zero-order chi connectivity index (χ0) is 28.6. The van der Waals surface area contributed by atoms with Crippen molar-refractivity contribution in [3.05, 3.63) is 82.4 Å². The summed E-state index contributed by atoms with van der Waals surface area (Å²) in [6, 6.07) is 17.0. The number of rotatable bonds is 8. The van der Waals surface area contributed by atoms with Gasteiger partial charge in [-0.1, -0.05) is 48.5 Å². The molecule has 4 aromatic rings. The van der Waals surface area contributed by atoms with E-state index in [4.69, 9.17) is 9.47 Å². The topological polar surface area (TPSA) is 104 Å². The predicted molar refractivity (Wildman–Crippen MR) is 152 cm³/mol. The molecule has 2 heterocycles. The fourth-order valence-corrected chi connectivity index (χ4v) is 7.35. The Kier molecular flexibility index (Phi) is 7.65. The molecule has 2 unspecified atom stereocenters. The van der Waals surface area contributed by atoms with Gasteiger partial charge in [0.1, 0.15) is 16.8 Å². The normalized spacial score (nSPS) is 17.4. The van der Waals surface area contributed by atoms with Gasteiger partial charge in [-0.15, -0.1) is 5.10 Å². The fourth-order valence-electron chi connectivity index (χ4n) is 5.53. The maximum absolute atomic E-state index is 13.6. The van der Waals surface area contributed by atoms with Crippen LogP contribution < -0.4 is 4.74 Å². The van der Waals surface area contributed by atoms with Gasteiger partial charge in [-0.2, -0.15) is 4.31 Å². The second-order valence-corrected chi connectivity index (χ2v) is 12.2. The minimum atomic E-state index is -3.65. The van der Waals surface area contributed by atoms with Crippen molar-refractivity contribution in [2.24, 2.45) is 7.05 Å². The first kappa shape index (κ1) is 27.8. The molecular weight excluding hydrogens is 528 g/mol. The molecule has 9 nitrogen and oxygen atoms in total. The Hall–Kier alpha value is -3.76. The van der Waals surface area contributed by atoms with Crippen molar-refractivity contribution >= 4 is 27.0 Å². The van der Waals surface area contributed by atoms with Gasteiger partial charge in [0.05, 0.1) is 25.0 Å². The molecule has 5 rings (SSSR count). The van der Waals surface area contributed by atoms with Crippen molar-refractivity contribution in [3.63, 3.8) is 0 Å². The molecule has 1 aliphatic rings. The van der Waals surface area contributed by atoms with Gasteiger partial charge in [-0.05, 0) is 65.8 Å². The second kappa shape index (κ2) is 11.0. The summed E-state index contributed by atoms with van der Waals surface area (Å²) in [4.78, 5) is 13.1. The second-order valence-electron chi connectivity index (χ2n) is 10.3. The maximum atomic E-state index is 13.6. The number of nitrogens with zero attached hydrogens (tertiary/aromatic N) is 4. The van der Waals surface area contributed by atoms with E-state index in [-0.39, 0.29) is 37.4 Å². The Morgan fingerprint density at radius 3 is 2.65 bits per heavy atom. The highest BCUT2D eigenvalue weighted by molar-refractivity contribution is 7.89. The van der Waals surface area contributed by atoms with Gasteiger partial charge < -0.3 is 9.47 Å². The highest BCUT2D eigenvalue weighted by Crippen LogP contribution is 2.37. The third-order valence-corrected chi connectivity index (χ3v) is 9.54. The molecule has 0 aliphatic carbocycles. The Morgan fingerprint density at radius 2 is 1.90 bits per heavy atom. The van der Waals surface area contributed by atoms with Crippen LogP contribution in [0, 0.1) is 6.92 Å². The first-order chi connectivity index (χ1) is 19.1. The first-order valence-corrected chi connectivity index (χ1v) is 14.8. The molecule has 3 aromatic carbocycles. The number of benzene rings is 3. The van der Waals surface area contributed by atoms with E-state index in [0.29, 0.717) is 22.7 Å². The van der Waals surface area contributed by atoms with Crippen molar-refractivity contribution in [1.29, 1.82) is 0 Å². The van der Waals surface area contributed by atoms with Crippen molar-refractivity contribution in [2.45, 2.75) is 50.5 Å². The molecule has 0 fully saturated rings. The van der Waals surface area contributed by atoms with E-state index < -0.39 is 10.0 Å². The van der Waals surface area contributed by atoms with Crippen LogP contribution in [0.15, 0.2) is 59.5 Å². The van der Waals surface area contributed by atoms with Crippen LogP contribution in [0.25, 0.3) is 11.0 Å². The lowest BCUT2D eigenvalue weighted by molar-refractivity contribution is -0.143. The lowest BCUT2D eigenvalue weighted by atomic mass is 9.86. The number of esters is 1. The molecule has 1 aromatic heterocycles. The van der Waals surface area contributed by atoms with Crippen LogP contribution in [0.1, 0.15) is 59.9 Å². The quantitative estimate of drug-likeness (QED) is 0.287. The largest absolute Gasteiger partial charge is 0.494 e. The molecule has 40 heavy (non-hydrogen) atoms. The minimum Gasteiger partial charge on any atom is -0.494 e. The molecule has 0 saturated heterocycles. The lowest BCUT2D eigenvalue weighted by Gasteiger charge is -2.33. The third kappa shape index (κ3) is 5.09. The van der Waals surface area contributed by atoms with Crippen LogP contribution in [0.2, 0.25) is 0 Å². The average Bonchev–Trinajstić information content (AvgIpc) is 3.32. The van der Waals surface area contributed by atoms with Crippen molar-refractivity contribution in [2.75, 3.05) is 20.3 Å². The number of ether oxygens (including phenoxy) is 2. The van der Waals surface area contributed by atoms with E-state index in [2.05, 4.69) is 17.2 Å². The molecule has 0 bridgehead atoms. The van der Waals surface area contributed by atoms with E-state index >= 15 is 0 Å². The van der Waals surface area contributed by atoms with E-state index in [9.17, 15) is 13.2 Å². The Morgan fingerprint density at radius 1 is 1.12 bits per heavy atom. The van der Waals surface area contributed by atoms with E-state index in [1.165, 1.54) is 0 Å². The van der Waals surface area contributed by atoms with Crippen LogP contribution >= 0.6 is 0 Å². The van der Waals surface area contributed by atoms with Crippen molar-refractivity contribution in [1.82, 2.24) is 19.3 Å². The van der Waals surface area contributed by atoms with E-state index in [1.807, 2.05) is 49.4 Å². The highest BCUT2D eigenvalue weighted by Gasteiger charge is 2.35. The molecule has 0 N–H and O–H groups in total. The summed E-state index contributed by atoms with van der Waals surface area (Å²) < 4.78 is 41.3. The molecule has 10 heteroatoms. The number of hydrogen-bond acceptors (Lipinski definition) is 7. The number of carbonyl (C=O) groups is 1. The SMILES string of the molecule is CCOC(=O)CC(c1ccc(C)c(CN2CC(C)c3ccccc3S2(=O)=O)c1)c1cc(OC)c2c(c1)nnn2C. The van der Waals surface area contributed by atoms with Crippen LogP contribution in [0.5, 0.6) is 5.75 Å². The summed E-state index contributed by atoms with van der Waals surface area (Å²) in [6.07, 6.45) is 0.109. The highest BCUT2D eigenvalue weighted by atomic mass is 32.2. The maximum Gasteiger partial charge on any atom is 0.306 e. The summed E-state index contributed by atoms with van der Waals surface area (Å²) in [7, 11) is -0.257. The smallest absolute Gasteiger partial charge is 0.306 e. The number of aryl methyl sites for hydroxylation is 2. The molecule has 0 spiro atoms. The van der Waals surface area contributed by atoms with Gasteiger partial charge in [0.2, 0.25) is 10.0 Å². The van der Waals surface area contributed by atoms with Crippen LogP contribution in [-0.2, 0) is 33.1 Å². The summed E-state index contributed by atoms with van der Waals surface area (Å²) >= 11 is 0. The van der Waals surface area contributed by atoms with E-state index in [1.54, 1.807) is 42.2 Å². The lowest BCUT2D eigenvalue weighted by Crippen LogP contribution is -2.38. The Balaban J connectivity index is 1.55. The number of methoxy groups -OCH3 is 1. The fraction of sp³-hybridized carbons (Fsp3) is 0.367. The van der Waals surface area contributed by atoms with Gasteiger partial charge in [0.25, 0.3) is 0 Å². The van der Waals surface area contributed by atoms with Crippen molar-refractivity contribution in [3.8, 4) is 5.75 Å². The molecule has 210 valence electrons. The van der Waals surface area contributed by atoms with Gasteiger partial charge in [0.15, 0.2) is 0 Å². The third-order valence-electron chi connectivity index (χ3n) is 7.65. The summed E-state index contributed by atoms with van der Waals surface area (Å²) in [5.41, 5.74) is 5.84. The number of carbonyl (C=O) groups excluding carboxylic acids is 1. The van der Waals surface area contributed by atoms with Crippen LogP contribution in [0.3, 0.4) is 0 Å². The van der Waals surface area contributed by atoms with Gasteiger partial charge in [0, 0.05) is 26.1 Å². The Labute approximate surface area is 234 Å². The molecule has 1 aliphatic heterocycles. The molecule has 0 amide bonds.